The third kappa shape index (κ3) is 8.34. The minimum Gasteiger partial charge on any atom is -0.0917 e. The Morgan fingerprint density at radius 1 is 1.14 bits per heavy atom. The van der Waals surface area contributed by atoms with Crippen molar-refractivity contribution in [3.8, 4) is 0 Å². The van der Waals surface area contributed by atoms with Gasteiger partial charge in [-0.15, -0.1) is 0 Å². The molecule has 0 aromatic heterocycles. The Morgan fingerprint density at radius 3 is 2.36 bits per heavy atom. The summed E-state index contributed by atoms with van der Waals surface area (Å²) < 4.78 is 0. The fourth-order valence-corrected chi connectivity index (χ4v) is 2.15. The molecule has 14 heavy (non-hydrogen) atoms. The van der Waals surface area contributed by atoms with Crippen LogP contribution in [-0.4, -0.2) is 0 Å². The second-order valence-electron chi connectivity index (χ2n) is 4.78. The van der Waals surface area contributed by atoms with Crippen molar-refractivity contribution in [2.75, 3.05) is 0 Å². The molecule has 0 amide bonds. The average molecular weight is 196 g/mol. The summed E-state index contributed by atoms with van der Waals surface area (Å²) >= 11 is 0. The van der Waals surface area contributed by atoms with Crippen LogP contribution in [0.25, 0.3) is 0 Å². The van der Waals surface area contributed by atoms with Crippen LogP contribution in [0.2, 0.25) is 0 Å². The highest BCUT2D eigenvalue weighted by Gasteiger charge is 2.08. The Balaban J connectivity index is 3.61. The first-order valence-corrected chi connectivity index (χ1v) is 6.31. The summed E-state index contributed by atoms with van der Waals surface area (Å²) in [6.45, 7) is 9.10. The molecule has 0 aliphatic heterocycles. The van der Waals surface area contributed by atoms with Gasteiger partial charge in [0.05, 0.1) is 0 Å². The van der Waals surface area contributed by atoms with Gasteiger partial charge in [-0.1, -0.05) is 52.2 Å². The summed E-state index contributed by atoms with van der Waals surface area (Å²) in [5.41, 5.74) is 0. The number of rotatable bonds is 8. The first kappa shape index (κ1) is 13.7. The van der Waals surface area contributed by atoms with Crippen LogP contribution < -0.4 is 0 Å². The fraction of sp³-hybridized carbons (Fsp3) is 0.857. The molecule has 0 aromatic carbocycles. The molecule has 0 bridgehead atoms. The summed E-state index contributed by atoms with van der Waals surface area (Å²) in [5, 5.41) is 0. The van der Waals surface area contributed by atoms with E-state index >= 15 is 0 Å². The molecule has 0 nitrogen and oxygen atoms in total. The zero-order chi connectivity index (χ0) is 10.8. The van der Waals surface area contributed by atoms with Gasteiger partial charge in [-0.05, 0) is 38.0 Å². The van der Waals surface area contributed by atoms with E-state index < -0.39 is 0 Å². The van der Waals surface area contributed by atoms with Gasteiger partial charge in [-0.25, -0.2) is 0 Å². The lowest BCUT2D eigenvalue weighted by molar-refractivity contribution is 0.354. The average Bonchev–Trinajstić information content (AvgIpc) is 2.12. The van der Waals surface area contributed by atoms with Gasteiger partial charge in [-0.2, -0.15) is 0 Å². The zero-order valence-corrected chi connectivity index (χ0v) is 10.6. The van der Waals surface area contributed by atoms with Crippen molar-refractivity contribution in [3.63, 3.8) is 0 Å². The third-order valence-corrected chi connectivity index (χ3v) is 2.72. The molecule has 0 saturated carbocycles. The molecular weight excluding hydrogens is 168 g/mol. The van der Waals surface area contributed by atoms with Gasteiger partial charge >= 0.3 is 0 Å². The van der Waals surface area contributed by atoms with Crippen molar-refractivity contribution < 1.29 is 0 Å². The number of unbranched alkanes of at least 4 members (excludes halogenated alkanes) is 1. The van der Waals surface area contributed by atoms with Crippen LogP contribution >= 0.6 is 0 Å². The van der Waals surface area contributed by atoms with Crippen LogP contribution in [0, 0.1) is 11.8 Å². The van der Waals surface area contributed by atoms with E-state index in [2.05, 4.69) is 39.8 Å². The molecule has 0 N–H and O–H groups in total. The van der Waals surface area contributed by atoms with Crippen LogP contribution in [0.15, 0.2) is 12.2 Å². The smallest absolute Gasteiger partial charge is 0.0351 e. The lowest BCUT2D eigenvalue weighted by Crippen LogP contribution is -2.04. The van der Waals surface area contributed by atoms with Crippen molar-refractivity contribution in [2.24, 2.45) is 11.8 Å². The third-order valence-electron chi connectivity index (χ3n) is 2.72. The maximum Gasteiger partial charge on any atom is -0.0351 e. The van der Waals surface area contributed by atoms with E-state index in [0.29, 0.717) is 0 Å². The Bertz CT molecular complexity index is 133. The molecule has 0 rings (SSSR count). The highest BCUT2D eigenvalue weighted by molar-refractivity contribution is 4.77. The van der Waals surface area contributed by atoms with Crippen molar-refractivity contribution in [1.29, 1.82) is 0 Å². The van der Waals surface area contributed by atoms with Gasteiger partial charge in [0, 0.05) is 0 Å². The van der Waals surface area contributed by atoms with Gasteiger partial charge in [0.1, 0.15) is 0 Å². The molecule has 0 aliphatic rings. The van der Waals surface area contributed by atoms with Crippen molar-refractivity contribution in [2.45, 2.75) is 66.2 Å². The SMILES string of the molecule is CC=CCCCC(CCC)CC(C)C. The van der Waals surface area contributed by atoms with Crippen molar-refractivity contribution in [1.82, 2.24) is 0 Å². The van der Waals surface area contributed by atoms with Crippen LogP contribution in [0.5, 0.6) is 0 Å². The predicted molar refractivity (Wildman–Crippen MR) is 66.5 cm³/mol. The highest BCUT2D eigenvalue weighted by Crippen LogP contribution is 2.22. The summed E-state index contributed by atoms with van der Waals surface area (Å²) in [5.74, 6) is 1.85. The van der Waals surface area contributed by atoms with E-state index in [4.69, 9.17) is 0 Å². The van der Waals surface area contributed by atoms with Gasteiger partial charge < -0.3 is 0 Å². The molecule has 0 saturated heterocycles. The van der Waals surface area contributed by atoms with Crippen LogP contribution in [-0.2, 0) is 0 Å². The van der Waals surface area contributed by atoms with E-state index in [0.717, 1.165) is 11.8 Å². The van der Waals surface area contributed by atoms with E-state index in [1.165, 1.54) is 38.5 Å². The van der Waals surface area contributed by atoms with Crippen LogP contribution in [0.1, 0.15) is 66.2 Å². The monoisotopic (exact) mass is 196 g/mol. The first-order valence-electron chi connectivity index (χ1n) is 6.31. The first-order chi connectivity index (χ1) is 6.70. The van der Waals surface area contributed by atoms with Gasteiger partial charge in [0.25, 0.3) is 0 Å². The Hall–Kier alpha value is -0.260. The minimum absolute atomic E-state index is 0.869. The molecule has 1 unspecified atom stereocenters. The van der Waals surface area contributed by atoms with Crippen LogP contribution in [0.4, 0.5) is 0 Å². The fourth-order valence-electron chi connectivity index (χ4n) is 2.15. The Kier molecular flexibility index (Phi) is 9.13. The zero-order valence-electron chi connectivity index (χ0n) is 10.6. The molecule has 0 radical (unpaired) electrons. The second kappa shape index (κ2) is 9.30. The van der Waals surface area contributed by atoms with E-state index in [1.54, 1.807) is 0 Å². The number of hydrogen-bond donors (Lipinski definition) is 0. The molecule has 0 spiro atoms. The predicted octanol–water partition coefficient (Wildman–Crippen LogP) is 5.20. The largest absolute Gasteiger partial charge is 0.0917 e. The van der Waals surface area contributed by atoms with Gasteiger partial charge in [0.15, 0.2) is 0 Å². The Morgan fingerprint density at radius 2 is 1.86 bits per heavy atom. The second-order valence-corrected chi connectivity index (χ2v) is 4.78. The molecule has 0 heteroatoms. The standard InChI is InChI=1S/C14H28/c1-5-7-8-9-11-14(10-6-2)12-13(3)4/h5,7,13-14H,6,8-12H2,1-4H3. The maximum absolute atomic E-state index is 2.34. The maximum atomic E-state index is 2.34. The van der Waals surface area contributed by atoms with Gasteiger partial charge in [-0.3, -0.25) is 0 Å². The van der Waals surface area contributed by atoms with Crippen molar-refractivity contribution in [3.05, 3.63) is 12.2 Å². The van der Waals surface area contributed by atoms with Crippen molar-refractivity contribution >= 4 is 0 Å². The van der Waals surface area contributed by atoms with E-state index in [1.807, 2.05) is 0 Å². The summed E-state index contributed by atoms with van der Waals surface area (Å²) in [6.07, 6.45) is 12.7. The molecule has 0 fully saturated rings. The molecule has 0 heterocycles. The Labute approximate surface area is 90.8 Å². The summed E-state index contributed by atoms with van der Waals surface area (Å²) in [6, 6.07) is 0. The molecule has 1 atom stereocenters. The summed E-state index contributed by atoms with van der Waals surface area (Å²) in [7, 11) is 0. The number of hydrogen-bond acceptors (Lipinski definition) is 0. The summed E-state index contributed by atoms with van der Waals surface area (Å²) in [4.78, 5) is 0. The highest BCUT2D eigenvalue weighted by atomic mass is 14.1. The lowest BCUT2D eigenvalue weighted by atomic mass is 9.89. The molecular formula is C14H28. The minimum atomic E-state index is 0.869. The molecule has 0 aromatic rings. The topological polar surface area (TPSA) is 0 Å². The molecule has 0 aliphatic carbocycles. The lowest BCUT2D eigenvalue weighted by Gasteiger charge is -2.17. The normalized spacial score (nSPS) is 14.1. The van der Waals surface area contributed by atoms with Crippen LogP contribution in [0.3, 0.4) is 0 Å². The van der Waals surface area contributed by atoms with E-state index in [-0.39, 0.29) is 0 Å². The molecule has 84 valence electrons. The quantitative estimate of drug-likeness (QED) is 0.370. The number of allylic oxidation sites excluding steroid dienone is 2. The van der Waals surface area contributed by atoms with Gasteiger partial charge in [0.2, 0.25) is 0 Å². The van der Waals surface area contributed by atoms with E-state index in [9.17, 15) is 0 Å².